The van der Waals surface area contributed by atoms with Crippen molar-refractivity contribution in [3.63, 3.8) is 0 Å². The number of rotatable bonds is 4. The molecule has 0 radical (unpaired) electrons. The lowest BCUT2D eigenvalue weighted by Crippen LogP contribution is -2.43. The fourth-order valence-corrected chi connectivity index (χ4v) is 5.33. The van der Waals surface area contributed by atoms with Gasteiger partial charge in [-0.3, -0.25) is 0 Å². The standard InChI is InChI=1S/C20H31ClN4O3Si/c1-19(2,3)29(6,7)26-9-12-8-13(16-15(12)27-20(4,5)28-16)25-11-24-14-17(21)22-10-23-18(14)25/h10-13,15-16H,8-9H2,1-7H3. The fraction of sp³-hybridized carbons (Fsp3) is 0.750. The highest BCUT2D eigenvalue weighted by molar-refractivity contribution is 6.74. The first-order valence-corrected chi connectivity index (χ1v) is 13.5. The molecule has 2 aromatic heterocycles. The Bertz CT molecular complexity index is 911. The molecule has 7 nitrogen and oxygen atoms in total. The SMILES string of the molecule is CC1(C)OC2C(CO[Si](C)(C)C(C)(C)C)CC(n3cnc4c(Cl)ncnc43)C2O1. The van der Waals surface area contributed by atoms with Gasteiger partial charge in [-0.1, -0.05) is 32.4 Å². The topological polar surface area (TPSA) is 71.3 Å². The zero-order valence-electron chi connectivity index (χ0n) is 18.3. The van der Waals surface area contributed by atoms with E-state index in [2.05, 4.69) is 53.4 Å². The maximum absolute atomic E-state index is 6.56. The summed E-state index contributed by atoms with van der Waals surface area (Å²) >= 11 is 6.21. The second-order valence-corrected chi connectivity index (χ2v) is 15.4. The molecule has 0 aromatic carbocycles. The molecule has 1 saturated carbocycles. The Balaban J connectivity index is 1.62. The van der Waals surface area contributed by atoms with E-state index in [1.807, 2.05) is 13.8 Å². The van der Waals surface area contributed by atoms with Gasteiger partial charge in [-0.05, 0) is 38.4 Å². The smallest absolute Gasteiger partial charge is 0.191 e. The molecule has 2 fully saturated rings. The van der Waals surface area contributed by atoms with Crippen molar-refractivity contribution in [2.24, 2.45) is 5.92 Å². The molecule has 3 heterocycles. The minimum absolute atomic E-state index is 0.0190. The van der Waals surface area contributed by atoms with E-state index in [1.165, 1.54) is 6.33 Å². The summed E-state index contributed by atoms with van der Waals surface area (Å²) in [6.07, 6.45) is 4.05. The maximum atomic E-state index is 6.56. The van der Waals surface area contributed by atoms with Crippen LogP contribution in [0.5, 0.6) is 0 Å². The van der Waals surface area contributed by atoms with Crippen LogP contribution < -0.4 is 0 Å². The molecule has 1 aliphatic heterocycles. The van der Waals surface area contributed by atoms with E-state index in [4.69, 9.17) is 25.5 Å². The van der Waals surface area contributed by atoms with Gasteiger partial charge < -0.3 is 18.5 Å². The Morgan fingerprint density at radius 2 is 1.90 bits per heavy atom. The highest BCUT2D eigenvalue weighted by Gasteiger charge is 2.55. The largest absolute Gasteiger partial charge is 0.416 e. The third-order valence-electron chi connectivity index (χ3n) is 6.69. The molecular formula is C20H31ClN4O3Si. The third kappa shape index (κ3) is 3.74. The van der Waals surface area contributed by atoms with Gasteiger partial charge in [0.05, 0.1) is 18.5 Å². The summed E-state index contributed by atoms with van der Waals surface area (Å²) < 4.78 is 21.3. The Kier molecular flexibility index (Phi) is 5.10. The Morgan fingerprint density at radius 1 is 1.21 bits per heavy atom. The predicted molar refractivity (Wildman–Crippen MR) is 114 cm³/mol. The number of imidazole rings is 1. The van der Waals surface area contributed by atoms with Crippen LogP contribution in [0.15, 0.2) is 12.7 Å². The van der Waals surface area contributed by atoms with Gasteiger partial charge in [0, 0.05) is 12.5 Å². The van der Waals surface area contributed by atoms with Crippen LogP contribution in [0.25, 0.3) is 11.2 Å². The molecule has 0 spiro atoms. The highest BCUT2D eigenvalue weighted by Crippen LogP contribution is 2.48. The van der Waals surface area contributed by atoms with E-state index in [1.54, 1.807) is 6.33 Å². The summed E-state index contributed by atoms with van der Waals surface area (Å²) in [5, 5.41) is 0.537. The predicted octanol–water partition coefficient (Wildman–Crippen LogP) is 4.58. The summed E-state index contributed by atoms with van der Waals surface area (Å²) in [6.45, 7) is 16.0. The first-order valence-electron chi connectivity index (χ1n) is 10.2. The van der Waals surface area contributed by atoms with Gasteiger partial charge in [0.15, 0.2) is 24.9 Å². The van der Waals surface area contributed by atoms with E-state index < -0.39 is 14.1 Å². The Labute approximate surface area is 178 Å². The molecule has 160 valence electrons. The Hall–Kier alpha value is -1.06. The van der Waals surface area contributed by atoms with E-state index >= 15 is 0 Å². The normalized spacial score (nSPS) is 29.5. The molecule has 4 rings (SSSR count). The van der Waals surface area contributed by atoms with E-state index in [-0.39, 0.29) is 29.2 Å². The van der Waals surface area contributed by atoms with Crippen LogP contribution in [-0.4, -0.2) is 52.4 Å². The number of hydrogen-bond donors (Lipinski definition) is 0. The minimum Gasteiger partial charge on any atom is -0.416 e. The van der Waals surface area contributed by atoms with Crippen LogP contribution in [0.4, 0.5) is 0 Å². The molecule has 2 aliphatic rings. The van der Waals surface area contributed by atoms with Gasteiger partial charge in [-0.25, -0.2) is 15.0 Å². The maximum Gasteiger partial charge on any atom is 0.191 e. The second-order valence-electron chi connectivity index (χ2n) is 10.2. The fourth-order valence-electron chi connectivity index (χ4n) is 4.09. The van der Waals surface area contributed by atoms with Crippen molar-refractivity contribution < 1.29 is 13.9 Å². The molecule has 2 aromatic rings. The third-order valence-corrected chi connectivity index (χ3v) is 11.5. The van der Waals surface area contributed by atoms with E-state index in [9.17, 15) is 0 Å². The minimum atomic E-state index is -1.85. The lowest BCUT2D eigenvalue weighted by atomic mass is 10.1. The number of halogens is 1. The number of ether oxygens (including phenoxy) is 2. The molecule has 1 aliphatic carbocycles. The number of aromatic nitrogens is 4. The van der Waals surface area contributed by atoms with Crippen LogP contribution in [0, 0.1) is 5.92 Å². The summed E-state index contributed by atoms with van der Waals surface area (Å²) in [5.41, 5.74) is 1.35. The van der Waals surface area contributed by atoms with Gasteiger partial charge in [0.1, 0.15) is 17.9 Å². The van der Waals surface area contributed by atoms with Crippen molar-refractivity contribution in [1.29, 1.82) is 0 Å². The van der Waals surface area contributed by atoms with Gasteiger partial charge in [-0.2, -0.15) is 0 Å². The Morgan fingerprint density at radius 3 is 2.59 bits per heavy atom. The van der Waals surface area contributed by atoms with Crippen molar-refractivity contribution in [1.82, 2.24) is 19.5 Å². The van der Waals surface area contributed by atoms with Crippen LogP contribution in [0.2, 0.25) is 23.3 Å². The van der Waals surface area contributed by atoms with Gasteiger partial charge in [0.2, 0.25) is 0 Å². The number of hydrogen-bond acceptors (Lipinski definition) is 6. The van der Waals surface area contributed by atoms with Gasteiger partial charge >= 0.3 is 0 Å². The quantitative estimate of drug-likeness (QED) is 0.513. The van der Waals surface area contributed by atoms with Crippen LogP contribution in [-0.2, 0) is 13.9 Å². The summed E-state index contributed by atoms with van der Waals surface area (Å²) in [5.74, 6) is -0.373. The molecule has 0 bridgehead atoms. The van der Waals surface area contributed by atoms with Crippen LogP contribution in [0.3, 0.4) is 0 Å². The summed E-state index contributed by atoms with van der Waals surface area (Å²) in [4.78, 5) is 12.9. The molecule has 4 unspecified atom stereocenters. The molecule has 0 amide bonds. The lowest BCUT2D eigenvalue weighted by Gasteiger charge is -2.37. The number of nitrogens with zero attached hydrogens (tertiary/aromatic N) is 4. The van der Waals surface area contributed by atoms with Gasteiger partial charge in [0.25, 0.3) is 0 Å². The average molecular weight is 439 g/mol. The molecule has 4 atom stereocenters. The van der Waals surface area contributed by atoms with Crippen molar-refractivity contribution in [2.45, 2.75) is 83.2 Å². The molecule has 29 heavy (non-hydrogen) atoms. The van der Waals surface area contributed by atoms with E-state index in [0.717, 1.165) is 12.1 Å². The summed E-state index contributed by atoms with van der Waals surface area (Å²) in [6, 6.07) is 0.0609. The zero-order chi connectivity index (χ0) is 21.2. The zero-order valence-corrected chi connectivity index (χ0v) is 20.0. The van der Waals surface area contributed by atoms with Crippen LogP contribution in [0.1, 0.15) is 47.1 Å². The lowest BCUT2D eigenvalue weighted by molar-refractivity contribution is -0.161. The highest BCUT2D eigenvalue weighted by atomic mass is 35.5. The van der Waals surface area contributed by atoms with E-state index in [0.29, 0.717) is 17.3 Å². The monoisotopic (exact) mass is 438 g/mol. The second kappa shape index (κ2) is 6.98. The number of fused-ring (bicyclic) bond motifs is 2. The van der Waals surface area contributed by atoms with Gasteiger partial charge in [-0.15, -0.1) is 0 Å². The van der Waals surface area contributed by atoms with Crippen molar-refractivity contribution in [3.8, 4) is 0 Å². The molecule has 0 N–H and O–H groups in total. The van der Waals surface area contributed by atoms with Crippen molar-refractivity contribution in [3.05, 3.63) is 17.8 Å². The molecular weight excluding hydrogens is 408 g/mol. The van der Waals surface area contributed by atoms with Crippen LogP contribution >= 0.6 is 11.6 Å². The molecule has 1 saturated heterocycles. The van der Waals surface area contributed by atoms with Crippen molar-refractivity contribution in [2.75, 3.05) is 6.61 Å². The molecule has 9 heteroatoms. The average Bonchev–Trinajstić information content (AvgIpc) is 3.24. The first kappa shape index (κ1) is 21.2. The van der Waals surface area contributed by atoms with Crippen molar-refractivity contribution >= 4 is 31.1 Å². The first-order chi connectivity index (χ1) is 13.4. The summed E-state index contributed by atoms with van der Waals surface area (Å²) in [7, 11) is -1.85.